The summed E-state index contributed by atoms with van der Waals surface area (Å²) in [5.74, 6) is 0.706. The third kappa shape index (κ3) is 2.41. The molecule has 0 unspecified atom stereocenters. The zero-order chi connectivity index (χ0) is 12.5. The van der Waals surface area contributed by atoms with Crippen molar-refractivity contribution in [3.8, 4) is 0 Å². The van der Waals surface area contributed by atoms with Gasteiger partial charge in [0, 0.05) is 43.7 Å². The summed E-state index contributed by atoms with van der Waals surface area (Å²) < 4.78 is 0. The van der Waals surface area contributed by atoms with Crippen LogP contribution in [0.15, 0.2) is 11.4 Å². The number of thiophene rings is 1. The Morgan fingerprint density at radius 1 is 1.44 bits per heavy atom. The lowest BCUT2D eigenvalue weighted by Crippen LogP contribution is -2.45. The fraction of sp³-hybridized carbons (Fsp3) is 0.667. The summed E-state index contributed by atoms with van der Waals surface area (Å²) >= 11 is 1.25. The van der Waals surface area contributed by atoms with E-state index in [9.17, 15) is 10.1 Å². The van der Waals surface area contributed by atoms with Crippen LogP contribution in [0.4, 0.5) is 5.00 Å². The van der Waals surface area contributed by atoms with Crippen molar-refractivity contribution in [2.45, 2.75) is 18.9 Å². The molecule has 1 saturated carbocycles. The maximum absolute atomic E-state index is 10.8. The Hall–Kier alpha value is -0.980. The lowest BCUT2D eigenvalue weighted by molar-refractivity contribution is -0.380. The van der Waals surface area contributed by atoms with Crippen LogP contribution in [0, 0.1) is 16.0 Å². The van der Waals surface area contributed by atoms with Gasteiger partial charge in [-0.2, -0.15) is 0 Å². The van der Waals surface area contributed by atoms with Crippen LogP contribution in [-0.2, 0) is 0 Å². The maximum atomic E-state index is 10.8. The van der Waals surface area contributed by atoms with E-state index in [4.69, 9.17) is 0 Å². The highest BCUT2D eigenvalue weighted by molar-refractivity contribution is 7.13. The summed E-state index contributed by atoms with van der Waals surface area (Å²) in [4.78, 5) is 13.0. The molecule has 6 heteroatoms. The molecule has 0 aromatic carbocycles. The van der Waals surface area contributed by atoms with Gasteiger partial charge in [0.15, 0.2) is 0 Å². The topological polar surface area (TPSA) is 58.4 Å². The fourth-order valence-electron chi connectivity index (χ4n) is 2.74. The molecule has 2 fully saturated rings. The molecule has 0 spiro atoms. The van der Waals surface area contributed by atoms with E-state index < -0.39 is 0 Å². The lowest BCUT2D eigenvalue weighted by atomic mass is 10.0. The second-order valence-corrected chi connectivity index (χ2v) is 5.93. The van der Waals surface area contributed by atoms with Crippen molar-refractivity contribution in [3.05, 3.63) is 27.1 Å². The zero-order valence-corrected chi connectivity index (χ0v) is 11.0. The molecule has 1 aromatic rings. The van der Waals surface area contributed by atoms with Crippen LogP contribution in [0.2, 0.25) is 0 Å². The summed E-state index contributed by atoms with van der Waals surface area (Å²) in [7, 11) is 0. The van der Waals surface area contributed by atoms with Crippen molar-refractivity contribution in [2.75, 3.05) is 26.2 Å². The van der Waals surface area contributed by atoms with Crippen LogP contribution in [0.25, 0.3) is 0 Å². The highest BCUT2D eigenvalue weighted by atomic mass is 32.1. The van der Waals surface area contributed by atoms with E-state index in [0.29, 0.717) is 12.0 Å². The number of rotatable bonds is 4. The van der Waals surface area contributed by atoms with Gasteiger partial charge in [-0.05, 0) is 24.3 Å². The first-order valence-corrected chi connectivity index (χ1v) is 7.31. The maximum Gasteiger partial charge on any atom is 0.324 e. The van der Waals surface area contributed by atoms with Crippen molar-refractivity contribution < 1.29 is 4.92 Å². The van der Waals surface area contributed by atoms with Crippen LogP contribution < -0.4 is 5.32 Å². The molecule has 2 aliphatic rings. The molecule has 1 aromatic heterocycles. The Labute approximate surface area is 110 Å². The Balaban J connectivity index is 1.81. The van der Waals surface area contributed by atoms with Crippen molar-refractivity contribution in [2.24, 2.45) is 5.92 Å². The summed E-state index contributed by atoms with van der Waals surface area (Å²) in [5, 5.41) is 16.4. The van der Waals surface area contributed by atoms with Gasteiger partial charge >= 0.3 is 5.00 Å². The number of nitrogens with one attached hydrogen (secondary N) is 1. The molecule has 18 heavy (non-hydrogen) atoms. The van der Waals surface area contributed by atoms with Gasteiger partial charge in [-0.1, -0.05) is 11.3 Å². The molecular weight excluding hydrogens is 250 g/mol. The van der Waals surface area contributed by atoms with Crippen molar-refractivity contribution >= 4 is 16.3 Å². The summed E-state index contributed by atoms with van der Waals surface area (Å²) in [6.07, 6.45) is 2.52. The molecule has 0 amide bonds. The van der Waals surface area contributed by atoms with E-state index in [-0.39, 0.29) is 9.92 Å². The highest BCUT2D eigenvalue weighted by Gasteiger charge is 2.37. The molecule has 1 aliphatic heterocycles. The molecule has 0 radical (unpaired) electrons. The van der Waals surface area contributed by atoms with Gasteiger partial charge in [-0.3, -0.25) is 15.0 Å². The normalized spacial score (nSPS) is 22.9. The fourth-order valence-corrected chi connectivity index (χ4v) is 3.50. The van der Waals surface area contributed by atoms with Gasteiger partial charge in [0.1, 0.15) is 0 Å². The van der Waals surface area contributed by atoms with E-state index in [1.807, 2.05) is 5.38 Å². The molecule has 1 aliphatic carbocycles. The standard InChI is InChI=1S/C12H17N3O2S/c16-15(17)11-7-10(8-18-11)12(9-1-2-9)14-5-3-13-4-6-14/h7-9,12-13H,1-6H2/t12-/m0/s1. The van der Waals surface area contributed by atoms with Gasteiger partial charge in [0.2, 0.25) is 0 Å². The Bertz CT molecular complexity index is 438. The zero-order valence-electron chi connectivity index (χ0n) is 10.2. The molecule has 1 saturated heterocycles. The molecule has 1 atom stereocenters. The van der Waals surface area contributed by atoms with Gasteiger partial charge in [0.25, 0.3) is 0 Å². The molecule has 5 nitrogen and oxygen atoms in total. The van der Waals surface area contributed by atoms with Crippen molar-refractivity contribution in [3.63, 3.8) is 0 Å². The first-order valence-electron chi connectivity index (χ1n) is 6.43. The van der Waals surface area contributed by atoms with Gasteiger partial charge in [0.05, 0.1) is 4.92 Å². The van der Waals surface area contributed by atoms with Crippen molar-refractivity contribution in [1.82, 2.24) is 10.2 Å². The summed E-state index contributed by atoms with van der Waals surface area (Å²) in [5.41, 5.74) is 1.15. The first kappa shape index (κ1) is 12.1. The van der Waals surface area contributed by atoms with Gasteiger partial charge in [-0.15, -0.1) is 0 Å². The minimum Gasteiger partial charge on any atom is -0.314 e. The SMILES string of the molecule is O=[N+]([O-])c1cc([C@H](C2CC2)N2CCNCC2)cs1. The van der Waals surface area contributed by atoms with Crippen LogP contribution >= 0.6 is 11.3 Å². The quantitative estimate of drug-likeness (QED) is 0.669. The highest BCUT2D eigenvalue weighted by Crippen LogP contribution is 2.46. The van der Waals surface area contributed by atoms with E-state index in [0.717, 1.165) is 31.7 Å². The first-order chi connectivity index (χ1) is 8.75. The number of hydrogen-bond acceptors (Lipinski definition) is 5. The van der Waals surface area contributed by atoms with Crippen LogP contribution in [0.3, 0.4) is 0 Å². The average molecular weight is 267 g/mol. The predicted molar refractivity (Wildman–Crippen MR) is 70.9 cm³/mol. The summed E-state index contributed by atoms with van der Waals surface area (Å²) in [6, 6.07) is 2.17. The van der Waals surface area contributed by atoms with E-state index >= 15 is 0 Å². The van der Waals surface area contributed by atoms with Crippen LogP contribution in [0.1, 0.15) is 24.4 Å². The molecular formula is C12H17N3O2S. The van der Waals surface area contributed by atoms with Crippen molar-refractivity contribution in [1.29, 1.82) is 0 Å². The lowest BCUT2D eigenvalue weighted by Gasteiger charge is -2.34. The number of hydrogen-bond donors (Lipinski definition) is 1. The Morgan fingerprint density at radius 2 is 2.17 bits per heavy atom. The molecule has 98 valence electrons. The second-order valence-electron chi connectivity index (χ2n) is 5.04. The Morgan fingerprint density at radius 3 is 2.72 bits per heavy atom. The number of nitro groups is 1. The number of piperazine rings is 1. The minimum atomic E-state index is -0.282. The van der Waals surface area contributed by atoms with Gasteiger partial charge in [-0.25, -0.2) is 0 Å². The van der Waals surface area contributed by atoms with Gasteiger partial charge < -0.3 is 5.32 Å². The molecule has 1 N–H and O–H groups in total. The Kier molecular flexibility index (Phi) is 3.32. The molecule has 0 bridgehead atoms. The largest absolute Gasteiger partial charge is 0.324 e. The predicted octanol–water partition coefficient (Wildman–Crippen LogP) is 2.01. The second kappa shape index (κ2) is 4.95. The average Bonchev–Trinajstić information content (AvgIpc) is 3.07. The monoisotopic (exact) mass is 267 g/mol. The smallest absolute Gasteiger partial charge is 0.314 e. The molecule has 2 heterocycles. The number of nitrogens with zero attached hydrogens (tertiary/aromatic N) is 2. The van der Waals surface area contributed by atoms with Crippen LogP contribution in [0.5, 0.6) is 0 Å². The molecule has 3 rings (SSSR count). The van der Waals surface area contributed by atoms with E-state index in [2.05, 4.69) is 10.2 Å². The third-order valence-electron chi connectivity index (χ3n) is 3.74. The van der Waals surface area contributed by atoms with E-state index in [1.165, 1.54) is 24.2 Å². The van der Waals surface area contributed by atoms with E-state index in [1.54, 1.807) is 6.07 Å². The van der Waals surface area contributed by atoms with Crippen LogP contribution in [-0.4, -0.2) is 36.0 Å². The third-order valence-corrected chi connectivity index (χ3v) is 4.64. The minimum absolute atomic E-state index is 0.269. The summed E-state index contributed by atoms with van der Waals surface area (Å²) in [6.45, 7) is 4.14.